The number of hydrogen-bond donors (Lipinski definition) is 0. The van der Waals surface area contributed by atoms with Crippen LogP contribution < -0.4 is 4.48 Å². The highest BCUT2D eigenvalue weighted by Gasteiger charge is 2.29. The normalized spacial score (nSPS) is 11.9. The first-order chi connectivity index (χ1) is 11.2. The molecule has 1 heteroatoms. The summed E-state index contributed by atoms with van der Waals surface area (Å²) in [6.45, 7) is 15.4. The van der Waals surface area contributed by atoms with Gasteiger partial charge in [-0.3, -0.25) is 4.48 Å². The number of unbranched alkanes of at least 4 members (excludes halogenated alkanes) is 3. The Morgan fingerprint density at radius 1 is 0.739 bits per heavy atom. The lowest BCUT2D eigenvalue weighted by Gasteiger charge is -2.38. The zero-order valence-electron chi connectivity index (χ0n) is 16.5. The van der Waals surface area contributed by atoms with Crippen molar-refractivity contribution in [2.24, 2.45) is 0 Å². The van der Waals surface area contributed by atoms with Crippen molar-refractivity contribution < 1.29 is 0 Å². The van der Waals surface area contributed by atoms with E-state index in [1.54, 1.807) is 16.8 Å². The molecule has 0 unspecified atom stereocenters. The standard InChI is InChI=1S/C22H40N/c1-6-11-15-20-16-14-18-22(21(20)17-12-7-2)23(9-4,10-5)19-13-8-3/h14,16,18H,6-13,15,17,19H2,1-5H3/q+1. The Bertz CT molecular complexity index is 432. The van der Waals surface area contributed by atoms with Crippen LogP contribution in [0.2, 0.25) is 0 Å². The van der Waals surface area contributed by atoms with E-state index in [4.69, 9.17) is 0 Å². The first-order valence-electron chi connectivity index (χ1n) is 10.2. The topological polar surface area (TPSA) is 0 Å². The molecule has 0 amide bonds. The van der Waals surface area contributed by atoms with E-state index < -0.39 is 0 Å². The Hall–Kier alpha value is -0.820. The van der Waals surface area contributed by atoms with Gasteiger partial charge >= 0.3 is 0 Å². The van der Waals surface area contributed by atoms with Gasteiger partial charge < -0.3 is 0 Å². The minimum atomic E-state index is 1.17. The van der Waals surface area contributed by atoms with Crippen LogP contribution >= 0.6 is 0 Å². The average molecular weight is 319 g/mol. The lowest BCUT2D eigenvalue weighted by molar-refractivity contribution is 0.292. The van der Waals surface area contributed by atoms with Crippen LogP contribution in [0.25, 0.3) is 0 Å². The molecule has 0 saturated heterocycles. The Morgan fingerprint density at radius 3 is 1.91 bits per heavy atom. The quantitative estimate of drug-likeness (QED) is 0.385. The predicted octanol–water partition coefficient (Wildman–Crippen LogP) is 6.52. The van der Waals surface area contributed by atoms with E-state index in [1.807, 2.05) is 0 Å². The Labute approximate surface area is 145 Å². The second-order valence-corrected chi connectivity index (χ2v) is 6.98. The van der Waals surface area contributed by atoms with Crippen molar-refractivity contribution in [1.29, 1.82) is 0 Å². The first kappa shape index (κ1) is 20.2. The molecule has 0 aliphatic carbocycles. The van der Waals surface area contributed by atoms with Gasteiger partial charge in [-0.2, -0.15) is 0 Å². The van der Waals surface area contributed by atoms with E-state index in [0.29, 0.717) is 0 Å². The van der Waals surface area contributed by atoms with Crippen molar-refractivity contribution >= 4 is 5.69 Å². The Morgan fingerprint density at radius 2 is 1.35 bits per heavy atom. The summed E-state index contributed by atoms with van der Waals surface area (Å²) in [6.07, 6.45) is 10.3. The summed E-state index contributed by atoms with van der Waals surface area (Å²) in [7, 11) is 0. The Balaban J connectivity index is 3.28. The van der Waals surface area contributed by atoms with Crippen LogP contribution in [0.4, 0.5) is 5.69 Å². The van der Waals surface area contributed by atoms with Gasteiger partial charge in [0.2, 0.25) is 0 Å². The van der Waals surface area contributed by atoms with Gasteiger partial charge in [0.15, 0.2) is 0 Å². The summed E-state index contributed by atoms with van der Waals surface area (Å²) < 4.78 is 1.17. The zero-order chi connectivity index (χ0) is 17.1. The third-order valence-corrected chi connectivity index (χ3v) is 5.49. The van der Waals surface area contributed by atoms with Crippen molar-refractivity contribution in [3.63, 3.8) is 0 Å². The van der Waals surface area contributed by atoms with Crippen molar-refractivity contribution in [1.82, 2.24) is 4.48 Å². The number of quaternary nitrogens is 1. The van der Waals surface area contributed by atoms with Crippen LogP contribution in [0.1, 0.15) is 84.3 Å². The van der Waals surface area contributed by atoms with Gasteiger partial charge in [0, 0.05) is 5.56 Å². The largest absolute Gasteiger partial charge is 0.291 e. The number of benzene rings is 1. The van der Waals surface area contributed by atoms with Crippen molar-refractivity contribution in [3.8, 4) is 0 Å². The summed E-state index contributed by atoms with van der Waals surface area (Å²) >= 11 is 0. The number of hydrogen-bond acceptors (Lipinski definition) is 0. The minimum Gasteiger partial charge on any atom is -0.291 e. The molecule has 1 aromatic rings. The molecule has 0 bridgehead atoms. The molecule has 0 radical (unpaired) electrons. The molecule has 23 heavy (non-hydrogen) atoms. The third-order valence-electron chi connectivity index (χ3n) is 5.49. The van der Waals surface area contributed by atoms with Gasteiger partial charge in [0.25, 0.3) is 0 Å². The SMILES string of the molecule is CCCCc1cccc([N+](CC)(CC)CCCC)c1CCCC. The van der Waals surface area contributed by atoms with E-state index in [0.717, 1.165) is 0 Å². The average Bonchev–Trinajstić information content (AvgIpc) is 2.60. The molecule has 0 atom stereocenters. The van der Waals surface area contributed by atoms with Crippen molar-refractivity contribution in [2.75, 3.05) is 19.6 Å². The maximum absolute atomic E-state index is 2.43. The zero-order valence-corrected chi connectivity index (χ0v) is 16.5. The first-order valence-corrected chi connectivity index (χ1v) is 10.2. The number of aryl methyl sites for hydroxylation is 1. The maximum Gasteiger partial charge on any atom is 0.136 e. The number of rotatable bonds is 12. The summed E-state index contributed by atoms with van der Waals surface area (Å²) in [6, 6.07) is 7.15. The third kappa shape index (κ3) is 5.35. The van der Waals surface area contributed by atoms with E-state index >= 15 is 0 Å². The van der Waals surface area contributed by atoms with Crippen LogP contribution in [0.3, 0.4) is 0 Å². The van der Waals surface area contributed by atoms with Crippen LogP contribution in [0.15, 0.2) is 18.2 Å². The van der Waals surface area contributed by atoms with Gasteiger partial charge in [0.05, 0.1) is 19.6 Å². The van der Waals surface area contributed by atoms with E-state index in [9.17, 15) is 0 Å². The summed E-state index contributed by atoms with van der Waals surface area (Å²) in [4.78, 5) is 0. The minimum absolute atomic E-state index is 1.17. The van der Waals surface area contributed by atoms with Crippen LogP contribution in [0, 0.1) is 0 Å². The van der Waals surface area contributed by atoms with Crippen LogP contribution in [-0.4, -0.2) is 19.6 Å². The molecule has 0 aliphatic rings. The number of nitrogens with zero attached hydrogens (tertiary/aromatic N) is 1. The molecule has 0 spiro atoms. The molecular formula is C22H40N+. The molecule has 0 fully saturated rings. The lowest BCUT2D eigenvalue weighted by Crippen LogP contribution is -2.50. The van der Waals surface area contributed by atoms with Gasteiger partial charge in [-0.1, -0.05) is 52.2 Å². The fraction of sp³-hybridized carbons (Fsp3) is 0.727. The molecule has 0 N–H and O–H groups in total. The lowest BCUT2D eigenvalue weighted by atomic mass is 9.94. The monoisotopic (exact) mass is 318 g/mol. The van der Waals surface area contributed by atoms with Gasteiger partial charge in [-0.15, -0.1) is 0 Å². The summed E-state index contributed by atoms with van der Waals surface area (Å²) in [5, 5.41) is 0. The highest BCUT2D eigenvalue weighted by atomic mass is 15.3. The Kier molecular flexibility index (Phi) is 9.55. The molecule has 1 aromatic carbocycles. The summed E-state index contributed by atoms with van der Waals surface area (Å²) in [5.41, 5.74) is 4.94. The van der Waals surface area contributed by atoms with Gasteiger partial charge in [0.1, 0.15) is 5.69 Å². The molecule has 0 saturated carbocycles. The van der Waals surface area contributed by atoms with E-state index in [2.05, 4.69) is 52.8 Å². The highest BCUT2D eigenvalue weighted by molar-refractivity contribution is 5.54. The predicted molar refractivity (Wildman–Crippen MR) is 106 cm³/mol. The molecule has 0 heterocycles. The van der Waals surface area contributed by atoms with Gasteiger partial charge in [-0.05, 0) is 57.6 Å². The van der Waals surface area contributed by atoms with Crippen LogP contribution in [0.5, 0.6) is 0 Å². The highest BCUT2D eigenvalue weighted by Crippen LogP contribution is 2.32. The fourth-order valence-corrected chi connectivity index (χ4v) is 3.77. The maximum atomic E-state index is 2.43. The molecule has 0 aliphatic heterocycles. The molecule has 0 aromatic heterocycles. The van der Waals surface area contributed by atoms with Crippen molar-refractivity contribution in [2.45, 2.75) is 86.0 Å². The second-order valence-electron chi connectivity index (χ2n) is 6.98. The molecular weight excluding hydrogens is 278 g/mol. The van der Waals surface area contributed by atoms with Crippen LogP contribution in [-0.2, 0) is 12.8 Å². The molecule has 1 nitrogen and oxygen atoms in total. The van der Waals surface area contributed by atoms with E-state index in [-0.39, 0.29) is 0 Å². The second kappa shape index (κ2) is 10.9. The smallest absolute Gasteiger partial charge is 0.136 e. The summed E-state index contributed by atoms with van der Waals surface area (Å²) in [5.74, 6) is 0. The van der Waals surface area contributed by atoms with Crippen molar-refractivity contribution in [3.05, 3.63) is 29.3 Å². The molecule has 132 valence electrons. The van der Waals surface area contributed by atoms with Gasteiger partial charge in [-0.25, -0.2) is 0 Å². The fourth-order valence-electron chi connectivity index (χ4n) is 3.77. The molecule has 1 rings (SSSR count). The van der Waals surface area contributed by atoms with E-state index in [1.165, 1.54) is 75.5 Å².